The summed E-state index contributed by atoms with van der Waals surface area (Å²) in [6, 6.07) is 2.55. The van der Waals surface area contributed by atoms with Crippen LogP contribution in [0, 0.1) is 57.6 Å². The van der Waals surface area contributed by atoms with Crippen LogP contribution in [0.2, 0.25) is 0 Å². The van der Waals surface area contributed by atoms with Crippen LogP contribution >= 0.6 is 0 Å². The fraction of sp³-hybridized carbons (Fsp3) is 0.0476. The molecule has 30 heavy (non-hydrogen) atoms. The zero-order valence-electron chi connectivity index (χ0n) is 14.7. The monoisotopic (exact) mass is 418 g/mol. The number of allylic oxidation sites excluding steroid dienone is 6. The molecule has 9 heteroatoms. The number of nitriles is 2. The molecule has 3 nitrogen and oxygen atoms in total. The quantitative estimate of drug-likeness (QED) is 0.453. The van der Waals surface area contributed by atoms with E-state index in [1.807, 2.05) is 0 Å². The molecule has 2 bridgehead atoms. The summed E-state index contributed by atoms with van der Waals surface area (Å²) in [5, 5.41) is 16.9. The minimum absolute atomic E-state index is 0.213. The molecule has 0 aromatic heterocycles. The van der Waals surface area contributed by atoms with Crippen LogP contribution in [-0.2, 0) is 0 Å². The number of nitrogens with zero attached hydrogens (tertiary/aromatic N) is 2. The normalized spacial score (nSPS) is 13.1. The van der Waals surface area contributed by atoms with Crippen LogP contribution in [0.4, 0.5) is 26.3 Å². The van der Waals surface area contributed by atoms with E-state index in [-0.39, 0.29) is 12.1 Å². The van der Waals surface area contributed by atoms with Crippen LogP contribution in [0.25, 0.3) is 0 Å². The molecule has 0 heterocycles. The highest BCUT2D eigenvalue weighted by molar-refractivity contribution is 5.49. The van der Waals surface area contributed by atoms with E-state index in [0.717, 1.165) is 12.1 Å². The number of hydrogen-bond donors (Lipinski definition) is 0. The van der Waals surface area contributed by atoms with Gasteiger partial charge in [-0.25, -0.2) is 17.6 Å². The Morgan fingerprint density at radius 1 is 0.667 bits per heavy atom. The van der Waals surface area contributed by atoms with Crippen molar-refractivity contribution in [3.8, 4) is 23.6 Å². The van der Waals surface area contributed by atoms with Crippen molar-refractivity contribution in [3.63, 3.8) is 0 Å². The second-order valence-electron chi connectivity index (χ2n) is 6.04. The van der Waals surface area contributed by atoms with E-state index in [1.165, 1.54) is 17.6 Å². The first-order valence-corrected chi connectivity index (χ1v) is 8.17. The minimum Gasteiger partial charge on any atom is -0.451 e. The zero-order valence-corrected chi connectivity index (χ0v) is 14.7. The van der Waals surface area contributed by atoms with Crippen molar-refractivity contribution in [2.75, 3.05) is 0 Å². The maximum Gasteiger partial charge on any atom is 0.202 e. The van der Waals surface area contributed by atoms with E-state index in [1.54, 1.807) is 0 Å². The molecule has 0 atom stereocenters. The SMILES string of the molecule is C1=CC2=CC=C1C2.N#Cc1c(F)cc(Oc2cc(F)c(C#N)c(F)c2F)c(F)c1F. The summed E-state index contributed by atoms with van der Waals surface area (Å²) in [4.78, 5) is 0. The molecule has 4 rings (SSSR count). The van der Waals surface area contributed by atoms with Gasteiger partial charge in [-0.2, -0.15) is 19.3 Å². The summed E-state index contributed by atoms with van der Waals surface area (Å²) in [5.74, 6) is -13.0. The molecule has 0 unspecified atom stereocenters. The highest BCUT2D eigenvalue weighted by Gasteiger charge is 2.24. The lowest BCUT2D eigenvalue weighted by Crippen LogP contribution is -2.02. The van der Waals surface area contributed by atoms with Gasteiger partial charge in [0.2, 0.25) is 11.6 Å². The first-order chi connectivity index (χ1) is 14.3. The van der Waals surface area contributed by atoms with E-state index in [2.05, 4.69) is 29.0 Å². The molecule has 0 saturated carbocycles. The number of halogens is 6. The zero-order chi connectivity index (χ0) is 22.0. The van der Waals surface area contributed by atoms with E-state index in [9.17, 15) is 26.3 Å². The highest BCUT2D eigenvalue weighted by atomic mass is 19.2. The third-order valence-corrected chi connectivity index (χ3v) is 4.13. The Morgan fingerprint density at radius 2 is 1.07 bits per heavy atom. The smallest absolute Gasteiger partial charge is 0.202 e. The van der Waals surface area contributed by atoms with Gasteiger partial charge in [0, 0.05) is 12.1 Å². The van der Waals surface area contributed by atoms with Gasteiger partial charge in [-0.15, -0.1) is 0 Å². The molecule has 150 valence electrons. The Kier molecular flexibility index (Phi) is 5.65. The van der Waals surface area contributed by atoms with E-state index < -0.39 is 57.5 Å². The third-order valence-electron chi connectivity index (χ3n) is 4.13. The van der Waals surface area contributed by atoms with Crippen molar-refractivity contribution in [3.05, 3.63) is 93.6 Å². The van der Waals surface area contributed by atoms with Crippen molar-refractivity contribution in [1.29, 1.82) is 10.5 Å². The average molecular weight is 418 g/mol. The molecule has 0 amide bonds. The first-order valence-electron chi connectivity index (χ1n) is 8.17. The average Bonchev–Trinajstić information content (AvgIpc) is 3.37. The number of rotatable bonds is 2. The molecular weight excluding hydrogens is 410 g/mol. The Bertz CT molecular complexity index is 1140. The van der Waals surface area contributed by atoms with Gasteiger partial charge in [-0.1, -0.05) is 24.3 Å². The van der Waals surface area contributed by atoms with Crippen LogP contribution in [-0.4, -0.2) is 0 Å². The minimum atomic E-state index is -1.91. The lowest BCUT2D eigenvalue weighted by atomic mass is 10.2. The number of fused-ring (bicyclic) bond motifs is 2. The topological polar surface area (TPSA) is 56.8 Å². The maximum atomic E-state index is 13.6. The highest BCUT2D eigenvalue weighted by Crippen LogP contribution is 2.33. The Hall–Kier alpha value is -3.98. The molecule has 0 radical (unpaired) electrons. The van der Waals surface area contributed by atoms with E-state index in [4.69, 9.17) is 10.5 Å². The van der Waals surface area contributed by atoms with Gasteiger partial charge in [0.25, 0.3) is 0 Å². The van der Waals surface area contributed by atoms with Crippen molar-refractivity contribution in [2.24, 2.45) is 0 Å². The standard InChI is InChI=1S/C14H2F6N2O.C7H6/c15-7-1-9(13(19)11(17)5(7)3-21)23-10-2-8(16)6(4-22)12(18)14(10)20;1-2-7-4-3-6(1)5-7/h1-2H;1-4H,5H2. The van der Waals surface area contributed by atoms with Crippen molar-refractivity contribution in [1.82, 2.24) is 0 Å². The molecule has 0 saturated heterocycles. The van der Waals surface area contributed by atoms with E-state index >= 15 is 0 Å². The molecule has 2 aliphatic carbocycles. The fourth-order valence-corrected chi connectivity index (χ4v) is 2.63. The molecule has 0 N–H and O–H groups in total. The van der Waals surface area contributed by atoms with Crippen LogP contribution in [0.5, 0.6) is 11.5 Å². The summed E-state index contributed by atoms with van der Waals surface area (Å²) >= 11 is 0. The molecular formula is C21H8F6N2O. The van der Waals surface area contributed by atoms with Gasteiger partial charge >= 0.3 is 0 Å². The number of benzene rings is 2. The molecule has 0 aliphatic heterocycles. The second kappa shape index (κ2) is 8.18. The van der Waals surface area contributed by atoms with Crippen LogP contribution < -0.4 is 4.74 Å². The third kappa shape index (κ3) is 3.78. The lowest BCUT2D eigenvalue weighted by molar-refractivity contribution is 0.374. The van der Waals surface area contributed by atoms with Crippen LogP contribution in [0.1, 0.15) is 17.5 Å². The van der Waals surface area contributed by atoms with Crippen molar-refractivity contribution in [2.45, 2.75) is 6.42 Å². The Balaban J connectivity index is 0.000000302. The van der Waals surface area contributed by atoms with Crippen molar-refractivity contribution >= 4 is 0 Å². The Morgan fingerprint density at radius 3 is 1.33 bits per heavy atom. The lowest BCUT2D eigenvalue weighted by Gasteiger charge is -2.10. The predicted molar refractivity (Wildman–Crippen MR) is 92.1 cm³/mol. The van der Waals surface area contributed by atoms with Gasteiger partial charge < -0.3 is 4.74 Å². The summed E-state index contributed by atoms with van der Waals surface area (Å²) in [5.41, 5.74) is 0.449. The first kappa shape index (κ1) is 20.7. The van der Waals surface area contributed by atoms with E-state index in [0.29, 0.717) is 0 Å². The van der Waals surface area contributed by atoms with Gasteiger partial charge in [-0.05, 0) is 17.6 Å². The molecule has 0 fully saturated rings. The molecule has 2 aromatic carbocycles. The van der Waals surface area contributed by atoms with Gasteiger partial charge in [0.05, 0.1) is 0 Å². The number of ether oxygens (including phenoxy) is 1. The molecule has 0 spiro atoms. The summed E-state index contributed by atoms with van der Waals surface area (Å²) in [7, 11) is 0. The van der Waals surface area contributed by atoms with Gasteiger partial charge in [-0.3, -0.25) is 0 Å². The fourth-order valence-electron chi connectivity index (χ4n) is 2.63. The van der Waals surface area contributed by atoms with Crippen LogP contribution in [0.3, 0.4) is 0 Å². The van der Waals surface area contributed by atoms with Crippen molar-refractivity contribution < 1.29 is 31.1 Å². The van der Waals surface area contributed by atoms with Gasteiger partial charge in [0.15, 0.2) is 23.1 Å². The Labute approximate surface area is 166 Å². The largest absolute Gasteiger partial charge is 0.451 e. The summed E-state index contributed by atoms with van der Waals surface area (Å²) in [6.45, 7) is 0. The number of hydrogen-bond acceptors (Lipinski definition) is 3. The van der Waals surface area contributed by atoms with Gasteiger partial charge in [0.1, 0.15) is 34.9 Å². The molecule has 2 aliphatic rings. The predicted octanol–water partition coefficient (Wildman–Crippen LogP) is 5.87. The molecule has 2 aromatic rings. The van der Waals surface area contributed by atoms with Crippen LogP contribution in [0.15, 0.2) is 47.6 Å². The second-order valence-corrected chi connectivity index (χ2v) is 6.04. The summed E-state index contributed by atoms with van der Waals surface area (Å²) < 4.78 is 85.2. The summed E-state index contributed by atoms with van der Waals surface area (Å²) in [6.07, 6.45) is 9.90. The maximum absolute atomic E-state index is 13.6.